The van der Waals surface area contributed by atoms with Gasteiger partial charge < -0.3 is 14.8 Å². The summed E-state index contributed by atoms with van der Waals surface area (Å²) in [6, 6.07) is 12.1. The molecular weight excluding hydrogens is 530 g/mol. The minimum Gasteiger partial charge on any atom is -0.487 e. The number of alkyl carbamates (subject to hydrolysis) is 1. The van der Waals surface area contributed by atoms with Gasteiger partial charge >= 0.3 is 6.09 Å². The molecule has 0 radical (unpaired) electrons. The Hall–Kier alpha value is -2.65. The second kappa shape index (κ2) is 12.9. The van der Waals surface area contributed by atoms with Gasteiger partial charge in [0.05, 0.1) is 21.8 Å². The van der Waals surface area contributed by atoms with Crippen LogP contribution in [-0.4, -0.2) is 37.5 Å². The largest absolute Gasteiger partial charge is 0.487 e. The van der Waals surface area contributed by atoms with Crippen LogP contribution >= 0.6 is 31.9 Å². The summed E-state index contributed by atoms with van der Waals surface area (Å²) < 4.78 is 11.9. The molecule has 2 rings (SSSR count). The van der Waals surface area contributed by atoms with E-state index in [1.165, 1.54) is 6.21 Å². The lowest BCUT2D eigenvalue weighted by Gasteiger charge is -2.16. The van der Waals surface area contributed by atoms with E-state index in [4.69, 9.17) is 9.47 Å². The number of nitrogens with zero attached hydrogens (tertiary/aromatic N) is 1. The van der Waals surface area contributed by atoms with E-state index in [2.05, 4.69) is 54.3 Å². The first-order chi connectivity index (χ1) is 14.9. The molecule has 7 nitrogen and oxygen atoms in total. The average Bonchev–Trinajstić information content (AvgIpc) is 2.73. The summed E-state index contributed by atoms with van der Waals surface area (Å²) >= 11 is 6.90. The topological polar surface area (TPSA) is 89.0 Å². The number of ether oxygens (including phenoxy) is 2. The molecule has 0 bridgehead atoms. The van der Waals surface area contributed by atoms with Crippen molar-refractivity contribution in [3.8, 4) is 5.75 Å². The van der Waals surface area contributed by atoms with Crippen LogP contribution in [0.3, 0.4) is 0 Å². The number of carbonyl (C=O) groups excluding carboxylic acids is 2. The number of carbonyl (C=O) groups is 2. The molecule has 2 aromatic carbocycles. The van der Waals surface area contributed by atoms with Crippen molar-refractivity contribution < 1.29 is 19.1 Å². The maximum Gasteiger partial charge on any atom is 0.407 e. The maximum atomic E-state index is 12.6. The van der Waals surface area contributed by atoms with E-state index < -0.39 is 18.0 Å². The molecule has 2 amide bonds. The van der Waals surface area contributed by atoms with E-state index in [0.717, 1.165) is 20.1 Å². The van der Waals surface area contributed by atoms with Crippen LogP contribution in [-0.2, 0) is 16.0 Å². The van der Waals surface area contributed by atoms with Gasteiger partial charge in [-0.15, -0.1) is 0 Å². The lowest BCUT2D eigenvalue weighted by Crippen LogP contribution is -2.47. The minimum absolute atomic E-state index is 0.208. The standard InChI is InChI=1S/C22H23Br2N3O4/c1-3-10-31-20-17(23)11-16(12-18(20)24)14-25-27-21(28)19(26-22(29)30-4-2)13-15-8-6-5-7-9-15/h3,5-9,11-12,14,19H,1,4,10,13H2,2H3,(H,26,29)(H,27,28)/b25-14-/t19-/m1/s1. The Balaban J connectivity index is 2.07. The van der Waals surface area contributed by atoms with Gasteiger partial charge in [0.15, 0.2) is 0 Å². The predicted octanol–water partition coefficient (Wildman–Crippen LogP) is 4.58. The quantitative estimate of drug-likeness (QED) is 0.256. The van der Waals surface area contributed by atoms with Gasteiger partial charge in [0, 0.05) is 6.42 Å². The van der Waals surface area contributed by atoms with E-state index in [0.29, 0.717) is 18.8 Å². The van der Waals surface area contributed by atoms with E-state index in [1.54, 1.807) is 25.1 Å². The van der Waals surface area contributed by atoms with Crippen molar-refractivity contribution in [3.63, 3.8) is 0 Å². The zero-order valence-corrected chi connectivity index (χ0v) is 20.1. The molecular formula is C22H23Br2N3O4. The van der Waals surface area contributed by atoms with Crippen molar-refractivity contribution in [1.82, 2.24) is 10.7 Å². The lowest BCUT2D eigenvalue weighted by atomic mass is 10.1. The highest BCUT2D eigenvalue weighted by Gasteiger charge is 2.21. The van der Waals surface area contributed by atoms with Crippen LogP contribution in [0.4, 0.5) is 4.79 Å². The highest BCUT2D eigenvalue weighted by atomic mass is 79.9. The zero-order valence-electron chi connectivity index (χ0n) is 16.9. The number of hydrazone groups is 1. The predicted molar refractivity (Wildman–Crippen MR) is 127 cm³/mol. The van der Waals surface area contributed by atoms with Crippen LogP contribution in [0.5, 0.6) is 5.75 Å². The summed E-state index contributed by atoms with van der Waals surface area (Å²) in [5.41, 5.74) is 4.09. The van der Waals surface area contributed by atoms with Crippen molar-refractivity contribution in [1.29, 1.82) is 0 Å². The summed E-state index contributed by atoms with van der Waals surface area (Å²) in [5, 5.41) is 6.59. The smallest absolute Gasteiger partial charge is 0.407 e. The molecule has 0 aliphatic rings. The van der Waals surface area contributed by atoms with Gasteiger partial charge in [0.1, 0.15) is 18.4 Å². The van der Waals surface area contributed by atoms with Gasteiger partial charge in [-0.2, -0.15) is 5.10 Å². The zero-order chi connectivity index (χ0) is 22.6. The van der Waals surface area contributed by atoms with Crippen molar-refractivity contribution >= 4 is 50.1 Å². The van der Waals surface area contributed by atoms with E-state index in [1.807, 2.05) is 30.3 Å². The maximum absolute atomic E-state index is 12.6. The Morgan fingerprint density at radius 1 is 1.19 bits per heavy atom. The van der Waals surface area contributed by atoms with Crippen LogP contribution in [0.25, 0.3) is 0 Å². The summed E-state index contributed by atoms with van der Waals surface area (Å²) in [5.74, 6) is 0.180. The van der Waals surface area contributed by atoms with Gasteiger partial charge in [-0.1, -0.05) is 43.0 Å². The van der Waals surface area contributed by atoms with Crippen molar-refractivity contribution in [2.45, 2.75) is 19.4 Å². The molecule has 0 heterocycles. The Kier molecular flexibility index (Phi) is 10.3. The minimum atomic E-state index is -0.841. The van der Waals surface area contributed by atoms with Crippen molar-refractivity contribution in [3.05, 3.63) is 75.2 Å². The van der Waals surface area contributed by atoms with Gasteiger partial charge in [-0.05, 0) is 62.0 Å². The summed E-state index contributed by atoms with van der Waals surface area (Å²) in [4.78, 5) is 24.5. The van der Waals surface area contributed by atoms with Crippen LogP contribution in [0.1, 0.15) is 18.1 Å². The van der Waals surface area contributed by atoms with Crippen LogP contribution < -0.4 is 15.5 Å². The number of halogens is 2. The molecule has 0 aromatic heterocycles. The van der Waals surface area contributed by atoms with Crippen LogP contribution in [0.2, 0.25) is 0 Å². The van der Waals surface area contributed by atoms with Crippen LogP contribution in [0.15, 0.2) is 69.2 Å². The molecule has 2 N–H and O–H groups in total. The molecule has 0 saturated carbocycles. The lowest BCUT2D eigenvalue weighted by molar-refractivity contribution is -0.123. The molecule has 0 fully saturated rings. The normalized spacial score (nSPS) is 11.6. The first-order valence-electron chi connectivity index (χ1n) is 9.47. The van der Waals surface area contributed by atoms with Gasteiger partial charge in [-0.25, -0.2) is 10.2 Å². The fourth-order valence-electron chi connectivity index (χ4n) is 2.56. The molecule has 9 heteroatoms. The fourth-order valence-corrected chi connectivity index (χ4v) is 4.01. The second-order valence-corrected chi connectivity index (χ2v) is 7.96. The number of hydrogen-bond acceptors (Lipinski definition) is 5. The molecule has 164 valence electrons. The monoisotopic (exact) mass is 551 g/mol. The van der Waals surface area contributed by atoms with Gasteiger partial charge in [0.2, 0.25) is 0 Å². The second-order valence-electron chi connectivity index (χ2n) is 6.25. The molecule has 1 atom stereocenters. The Bertz CT molecular complexity index is 913. The van der Waals surface area contributed by atoms with Gasteiger partial charge in [0.25, 0.3) is 5.91 Å². The Labute approximate surface area is 198 Å². The van der Waals surface area contributed by atoms with Crippen molar-refractivity contribution in [2.24, 2.45) is 5.10 Å². The third kappa shape index (κ3) is 8.18. The molecule has 31 heavy (non-hydrogen) atoms. The van der Waals surface area contributed by atoms with E-state index in [-0.39, 0.29) is 6.61 Å². The number of benzene rings is 2. The number of nitrogens with one attached hydrogen (secondary N) is 2. The summed E-state index contributed by atoms with van der Waals surface area (Å²) in [7, 11) is 0. The number of hydrogen-bond donors (Lipinski definition) is 2. The van der Waals surface area contributed by atoms with E-state index in [9.17, 15) is 9.59 Å². The van der Waals surface area contributed by atoms with Crippen molar-refractivity contribution in [2.75, 3.05) is 13.2 Å². The average molecular weight is 553 g/mol. The first-order valence-corrected chi connectivity index (χ1v) is 11.1. The molecule has 2 aromatic rings. The molecule has 0 aliphatic carbocycles. The third-order valence-electron chi connectivity index (χ3n) is 3.92. The first kappa shape index (κ1) is 24.6. The van der Waals surface area contributed by atoms with Crippen LogP contribution in [0, 0.1) is 0 Å². The van der Waals surface area contributed by atoms with Gasteiger partial charge in [-0.3, -0.25) is 4.79 Å². The van der Waals surface area contributed by atoms with E-state index >= 15 is 0 Å². The SMILES string of the molecule is C=CCOc1c(Br)cc(/C=N\NC(=O)[C@@H](Cc2ccccc2)NC(=O)OCC)cc1Br. The molecule has 0 aliphatic heterocycles. The molecule has 0 saturated heterocycles. The third-order valence-corrected chi connectivity index (χ3v) is 5.10. The number of amides is 2. The molecule has 0 spiro atoms. The molecule has 0 unspecified atom stereocenters. The Morgan fingerprint density at radius 2 is 1.87 bits per heavy atom. The highest BCUT2D eigenvalue weighted by Crippen LogP contribution is 2.34. The highest BCUT2D eigenvalue weighted by molar-refractivity contribution is 9.11. The fraction of sp³-hybridized carbons (Fsp3) is 0.227. The Morgan fingerprint density at radius 3 is 2.48 bits per heavy atom. The summed E-state index contributed by atoms with van der Waals surface area (Å²) in [6.07, 6.45) is 2.78. The summed E-state index contributed by atoms with van der Waals surface area (Å²) in [6.45, 7) is 5.90. The number of rotatable bonds is 10.